The van der Waals surface area contributed by atoms with Gasteiger partial charge in [0.05, 0.1) is 5.75 Å². The van der Waals surface area contributed by atoms with Crippen molar-refractivity contribution in [3.63, 3.8) is 0 Å². The van der Waals surface area contributed by atoms with E-state index in [1.54, 1.807) is 14.1 Å². The Morgan fingerprint density at radius 1 is 1.32 bits per heavy atom. The molecule has 7 heteroatoms. The summed E-state index contributed by atoms with van der Waals surface area (Å²) in [4.78, 5) is 0. The summed E-state index contributed by atoms with van der Waals surface area (Å²) in [6.07, 6.45) is 0. The molecule has 0 spiro atoms. The number of sulfonamides is 1. The maximum Gasteiger partial charge on any atom is 0.214 e. The summed E-state index contributed by atoms with van der Waals surface area (Å²) >= 11 is 6.91. The number of nitrogens with one attached hydrogen (secondary N) is 1. The molecule has 0 aliphatic heterocycles. The second-order valence-corrected chi connectivity index (χ2v) is 8.51. The maximum atomic E-state index is 11.6. The normalized spacial score (nSPS) is 13.8. The van der Waals surface area contributed by atoms with Crippen LogP contribution in [0, 0.1) is 0 Å². The fraction of sp³-hybridized carbons (Fsp3) is 0.500. The molecule has 1 rings (SSSR count). The van der Waals surface area contributed by atoms with E-state index in [9.17, 15) is 8.42 Å². The number of nitrogens with zero attached hydrogens (tertiary/aromatic N) is 1. The molecule has 0 amide bonds. The zero-order chi connectivity index (χ0) is 14.6. The quantitative estimate of drug-likeness (QED) is 0.779. The van der Waals surface area contributed by atoms with E-state index in [-0.39, 0.29) is 11.8 Å². The van der Waals surface area contributed by atoms with Crippen LogP contribution in [-0.4, -0.2) is 39.1 Å². The van der Waals surface area contributed by atoms with Gasteiger partial charge in [0, 0.05) is 35.6 Å². The number of hydrogen-bond donors (Lipinski definition) is 1. The minimum atomic E-state index is -3.14. The van der Waals surface area contributed by atoms with Crippen molar-refractivity contribution in [3.05, 3.63) is 32.7 Å². The van der Waals surface area contributed by atoms with Gasteiger partial charge >= 0.3 is 0 Å². The fourth-order valence-electron chi connectivity index (χ4n) is 1.55. The van der Waals surface area contributed by atoms with E-state index in [4.69, 9.17) is 0 Å². The molecule has 19 heavy (non-hydrogen) atoms. The van der Waals surface area contributed by atoms with Crippen LogP contribution < -0.4 is 5.32 Å². The van der Waals surface area contributed by atoms with Gasteiger partial charge in [0.25, 0.3) is 0 Å². The summed E-state index contributed by atoms with van der Waals surface area (Å²) in [5.74, 6) is 0.0957. The van der Waals surface area contributed by atoms with Gasteiger partial charge in [0.1, 0.15) is 0 Å². The third-order valence-corrected chi connectivity index (χ3v) is 5.81. The number of hydrogen-bond acceptors (Lipinski definition) is 3. The minimum Gasteiger partial charge on any atom is -0.309 e. The SMILES string of the molecule is CC(NCCS(=O)(=O)N(C)C)c1ccc(Br)cc1Br. The molecular weight excluding hydrogens is 396 g/mol. The summed E-state index contributed by atoms with van der Waals surface area (Å²) in [5.41, 5.74) is 1.10. The van der Waals surface area contributed by atoms with Crippen LogP contribution in [0.1, 0.15) is 18.5 Å². The summed E-state index contributed by atoms with van der Waals surface area (Å²) in [7, 11) is -0.0499. The lowest BCUT2D eigenvalue weighted by Gasteiger charge is -2.17. The first-order valence-electron chi connectivity index (χ1n) is 5.82. The molecule has 0 saturated heterocycles. The van der Waals surface area contributed by atoms with E-state index in [0.717, 1.165) is 14.5 Å². The van der Waals surface area contributed by atoms with Crippen molar-refractivity contribution in [2.45, 2.75) is 13.0 Å². The molecule has 4 nitrogen and oxygen atoms in total. The average molecular weight is 414 g/mol. The smallest absolute Gasteiger partial charge is 0.214 e. The molecule has 0 aliphatic rings. The molecule has 0 aromatic heterocycles. The summed E-state index contributed by atoms with van der Waals surface area (Å²) in [6.45, 7) is 2.43. The van der Waals surface area contributed by atoms with Gasteiger partial charge in [-0.15, -0.1) is 0 Å². The van der Waals surface area contributed by atoms with E-state index in [1.807, 2.05) is 25.1 Å². The Hall–Kier alpha value is 0.0500. The average Bonchev–Trinajstić information content (AvgIpc) is 2.28. The van der Waals surface area contributed by atoms with Crippen LogP contribution in [0.5, 0.6) is 0 Å². The van der Waals surface area contributed by atoms with Crippen molar-refractivity contribution < 1.29 is 8.42 Å². The lowest BCUT2D eigenvalue weighted by molar-refractivity contribution is 0.512. The van der Waals surface area contributed by atoms with Crippen LogP contribution in [-0.2, 0) is 10.0 Å². The van der Waals surface area contributed by atoms with Crippen LogP contribution in [0.15, 0.2) is 27.1 Å². The standard InChI is InChI=1S/C12H18Br2N2O2S/c1-9(11-5-4-10(13)8-12(11)14)15-6-7-19(17,18)16(2)3/h4-5,8-9,15H,6-7H2,1-3H3. The molecule has 1 atom stereocenters. The highest BCUT2D eigenvalue weighted by Crippen LogP contribution is 2.26. The highest BCUT2D eigenvalue weighted by atomic mass is 79.9. The van der Waals surface area contributed by atoms with Crippen LogP contribution in [0.4, 0.5) is 0 Å². The van der Waals surface area contributed by atoms with Gasteiger partial charge in [-0.2, -0.15) is 0 Å². The second kappa shape index (κ2) is 7.17. The maximum absolute atomic E-state index is 11.6. The zero-order valence-corrected chi connectivity index (χ0v) is 15.1. The van der Waals surface area contributed by atoms with Crippen molar-refractivity contribution >= 4 is 41.9 Å². The lowest BCUT2D eigenvalue weighted by atomic mass is 10.1. The molecule has 0 fully saturated rings. The first kappa shape index (κ1) is 17.1. The predicted octanol–water partition coefficient (Wildman–Crippen LogP) is 2.75. The molecule has 1 unspecified atom stereocenters. The second-order valence-electron chi connectivity index (χ2n) is 4.44. The fourth-order valence-corrected chi connectivity index (χ4v) is 3.68. The van der Waals surface area contributed by atoms with Crippen molar-refractivity contribution in [1.29, 1.82) is 0 Å². The molecule has 1 N–H and O–H groups in total. The van der Waals surface area contributed by atoms with E-state index in [0.29, 0.717) is 6.54 Å². The van der Waals surface area contributed by atoms with Crippen molar-refractivity contribution in [3.8, 4) is 0 Å². The first-order chi connectivity index (χ1) is 8.74. The van der Waals surface area contributed by atoms with Crippen LogP contribution in [0.25, 0.3) is 0 Å². The minimum absolute atomic E-state index is 0.0832. The van der Waals surface area contributed by atoms with E-state index in [1.165, 1.54) is 4.31 Å². The highest BCUT2D eigenvalue weighted by Gasteiger charge is 2.14. The number of rotatable bonds is 6. The lowest BCUT2D eigenvalue weighted by Crippen LogP contribution is -2.32. The third kappa shape index (κ3) is 5.15. The van der Waals surface area contributed by atoms with Gasteiger partial charge in [-0.1, -0.05) is 37.9 Å². The highest BCUT2D eigenvalue weighted by molar-refractivity contribution is 9.11. The Labute approximate surface area is 131 Å². The Bertz CT molecular complexity index is 533. The van der Waals surface area contributed by atoms with Crippen molar-refractivity contribution in [1.82, 2.24) is 9.62 Å². The van der Waals surface area contributed by atoms with Gasteiger partial charge in [-0.05, 0) is 24.6 Å². The zero-order valence-electron chi connectivity index (χ0n) is 11.2. The van der Waals surface area contributed by atoms with Gasteiger partial charge in [0.2, 0.25) is 10.0 Å². The number of halogens is 2. The van der Waals surface area contributed by atoms with Gasteiger partial charge in [-0.25, -0.2) is 12.7 Å². The van der Waals surface area contributed by atoms with Crippen LogP contribution in [0.3, 0.4) is 0 Å². The van der Waals surface area contributed by atoms with E-state index < -0.39 is 10.0 Å². The monoisotopic (exact) mass is 412 g/mol. The van der Waals surface area contributed by atoms with Gasteiger partial charge in [0.15, 0.2) is 0 Å². The Kier molecular flexibility index (Phi) is 6.46. The topological polar surface area (TPSA) is 49.4 Å². The molecular formula is C12H18Br2N2O2S. The summed E-state index contributed by atoms with van der Waals surface area (Å²) in [5, 5.41) is 3.22. The van der Waals surface area contributed by atoms with Crippen LogP contribution in [0.2, 0.25) is 0 Å². The number of benzene rings is 1. The summed E-state index contributed by atoms with van der Waals surface area (Å²) in [6, 6.07) is 6.03. The molecule has 0 radical (unpaired) electrons. The van der Waals surface area contributed by atoms with Gasteiger partial charge in [-0.3, -0.25) is 0 Å². The Morgan fingerprint density at radius 2 is 1.95 bits per heavy atom. The molecule has 0 bridgehead atoms. The molecule has 1 aromatic carbocycles. The molecule has 0 saturated carbocycles. The largest absolute Gasteiger partial charge is 0.309 e. The van der Waals surface area contributed by atoms with Crippen LogP contribution >= 0.6 is 31.9 Å². The first-order valence-corrected chi connectivity index (χ1v) is 9.02. The predicted molar refractivity (Wildman–Crippen MR) is 85.7 cm³/mol. The Morgan fingerprint density at radius 3 is 2.47 bits per heavy atom. The van der Waals surface area contributed by atoms with E-state index >= 15 is 0 Å². The molecule has 108 valence electrons. The van der Waals surface area contributed by atoms with Crippen molar-refractivity contribution in [2.75, 3.05) is 26.4 Å². The third-order valence-electron chi connectivity index (χ3n) is 2.80. The van der Waals surface area contributed by atoms with Gasteiger partial charge < -0.3 is 5.32 Å². The summed E-state index contributed by atoms with van der Waals surface area (Å²) < 4.78 is 26.5. The molecule has 0 heterocycles. The van der Waals surface area contributed by atoms with Crippen molar-refractivity contribution in [2.24, 2.45) is 0 Å². The Balaban J connectivity index is 2.59. The molecule has 1 aromatic rings. The molecule has 0 aliphatic carbocycles. The van der Waals surface area contributed by atoms with E-state index in [2.05, 4.69) is 37.2 Å².